The first-order chi connectivity index (χ1) is 35.8. The van der Waals surface area contributed by atoms with E-state index in [4.69, 9.17) is 4.74 Å². The van der Waals surface area contributed by atoms with Gasteiger partial charge in [0.25, 0.3) is 0 Å². The van der Waals surface area contributed by atoms with Crippen LogP contribution in [0, 0.1) is 0 Å². The molecule has 7 rings (SSSR count). The topological polar surface area (TPSA) is 13.1 Å². The zero-order valence-electron chi connectivity index (χ0n) is 40.0. The summed E-state index contributed by atoms with van der Waals surface area (Å²) < 4.78 is 349. The molecule has 1 heterocycles. The number of alkyl halides is 24. The molecule has 0 atom stereocenters. The highest BCUT2D eigenvalue weighted by Gasteiger charge is 2.47. The molecule has 0 amide bonds. The predicted octanol–water partition coefficient (Wildman–Crippen LogP) is 15.6. The molecule has 0 aliphatic carbocycles. The second-order valence-corrected chi connectivity index (χ2v) is 18.8. The van der Waals surface area contributed by atoms with Gasteiger partial charge in [-0.05, 0) is 81.4 Å². The highest BCUT2D eigenvalue weighted by Crippen LogP contribution is 2.41. The lowest BCUT2D eigenvalue weighted by Crippen LogP contribution is -2.75. The summed E-state index contributed by atoms with van der Waals surface area (Å²) in [4.78, 5) is 0. The first-order valence-electron chi connectivity index (χ1n) is 22.3. The summed E-state index contributed by atoms with van der Waals surface area (Å²) in [6.45, 7) is 7.05. The van der Waals surface area contributed by atoms with Crippen molar-refractivity contribution in [3.8, 4) is 5.75 Å². The standard InChI is InChI=1S/C32H12BF24.C20H22NO/c34-25(35,36)13-1-14(26(37,38)39)6-21(5-13)33(22-7-15(27(40,41)42)2-16(8-22)28(43,44)45,23-9-17(29(46,47)48)3-18(10-23)30(49,50)51)24-11-19(31(52,53)54)4-20(12-24)32(55,56)57;1-20(2,3)22-18-12-10-16(11-13-18)15-21-14-6-8-17-7-4-5-9-19(17)21/h1-12H;4-14H,15H2,1-3H3/q-1;+1. The minimum atomic E-state index is -6.13. The molecule has 6 aromatic carbocycles. The predicted molar refractivity (Wildman–Crippen MR) is 240 cm³/mol. The lowest BCUT2D eigenvalue weighted by molar-refractivity contribution is -0.662. The first kappa shape index (κ1) is 61.1. The molecule has 7 aromatic rings. The average Bonchev–Trinajstić information content (AvgIpc) is 3.30. The third-order valence-corrected chi connectivity index (χ3v) is 11.9. The van der Waals surface area contributed by atoms with E-state index >= 15 is 0 Å². The summed E-state index contributed by atoms with van der Waals surface area (Å²) in [5, 5.41) is 1.26. The van der Waals surface area contributed by atoms with Crippen molar-refractivity contribution in [2.75, 3.05) is 0 Å². The fraction of sp³-hybridized carbons (Fsp3) is 0.250. The number of hydrogen-bond acceptors (Lipinski definition) is 1. The second-order valence-electron chi connectivity index (χ2n) is 18.8. The average molecular weight is 1160 g/mol. The third-order valence-electron chi connectivity index (χ3n) is 11.9. The molecule has 2 nitrogen and oxygen atoms in total. The van der Waals surface area contributed by atoms with Gasteiger partial charge < -0.3 is 4.74 Å². The molecule has 0 aliphatic heterocycles. The molecule has 0 bridgehead atoms. The van der Waals surface area contributed by atoms with Gasteiger partial charge in [0.2, 0.25) is 5.52 Å². The molecule has 424 valence electrons. The zero-order valence-corrected chi connectivity index (χ0v) is 40.0. The van der Waals surface area contributed by atoms with Crippen LogP contribution >= 0.6 is 0 Å². The SMILES string of the molecule is CC(C)(C)Oc1ccc(C[n+]2cccc3ccccc32)cc1.FC(F)(F)c1cc([B-](c2cc(C(F)(F)F)cc(C(F)(F)F)c2)(c2cc(C(F)(F)F)cc(C(F)(F)F)c2)c2cc(C(F)(F)F)cc(C(F)(F)F)c2)cc(C(F)(F)F)c1. The maximum absolute atomic E-state index is 14.2. The van der Waals surface area contributed by atoms with Gasteiger partial charge in [-0.2, -0.15) is 132 Å². The summed E-state index contributed by atoms with van der Waals surface area (Å²) in [6, 6.07) is 12.3. The van der Waals surface area contributed by atoms with Crippen LogP contribution in [0.4, 0.5) is 105 Å². The first-order valence-corrected chi connectivity index (χ1v) is 22.3. The summed E-state index contributed by atoms with van der Waals surface area (Å²) in [7, 11) is 0. The Bertz CT molecular complexity index is 2870. The van der Waals surface area contributed by atoms with Crippen LogP contribution in [0.15, 0.2) is 140 Å². The van der Waals surface area contributed by atoms with Gasteiger partial charge in [0.1, 0.15) is 17.5 Å². The number of halogens is 24. The fourth-order valence-electron chi connectivity index (χ4n) is 8.64. The van der Waals surface area contributed by atoms with Crippen molar-refractivity contribution < 1.29 is 115 Å². The van der Waals surface area contributed by atoms with Gasteiger partial charge in [0.05, 0.1) is 44.5 Å². The lowest BCUT2D eigenvalue weighted by atomic mass is 9.12. The molecule has 1 aromatic heterocycles. The number of aromatic nitrogens is 1. The Labute approximate surface area is 430 Å². The van der Waals surface area contributed by atoms with E-state index < -0.39 is 195 Å². The van der Waals surface area contributed by atoms with Crippen molar-refractivity contribution in [2.45, 2.75) is 82.3 Å². The van der Waals surface area contributed by atoms with Crippen molar-refractivity contribution in [1.29, 1.82) is 0 Å². The molecule has 0 aliphatic rings. The molecule has 0 N–H and O–H groups in total. The number of nitrogens with zero attached hydrogens (tertiary/aromatic N) is 1. The maximum atomic E-state index is 14.2. The van der Waals surface area contributed by atoms with Crippen LogP contribution in [-0.4, -0.2) is 11.7 Å². The molecule has 0 unspecified atom stereocenters. The van der Waals surface area contributed by atoms with E-state index in [2.05, 4.69) is 80.1 Å². The van der Waals surface area contributed by atoms with Gasteiger partial charge in [0.15, 0.2) is 12.7 Å². The van der Waals surface area contributed by atoms with Gasteiger partial charge in [-0.15, -0.1) is 0 Å². The quantitative estimate of drug-likeness (QED) is 0.0881. The van der Waals surface area contributed by atoms with Crippen LogP contribution in [0.1, 0.15) is 70.8 Å². The van der Waals surface area contributed by atoms with Crippen LogP contribution in [0.25, 0.3) is 10.9 Å². The Hall–Kier alpha value is -7.09. The van der Waals surface area contributed by atoms with Crippen LogP contribution < -0.4 is 31.2 Å². The van der Waals surface area contributed by atoms with Crippen LogP contribution in [0.2, 0.25) is 0 Å². The number of benzene rings is 6. The molecular weight excluding hydrogens is 1120 g/mol. The van der Waals surface area contributed by atoms with E-state index in [0.717, 1.165) is 12.3 Å². The molecule has 79 heavy (non-hydrogen) atoms. The summed E-state index contributed by atoms with van der Waals surface area (Å²) in [5.41, 5.74) is -27.8. The minimum absolute atomic E-state index is 0.161. The molecule has 0 radical (unpaired) electrons. The smallest absolute Gasteiger partial charge is 0.416 e. The minimum Gasteiger partial charge on any atom is -0.488 e. The summed E-state index contributed by atoms with van der Waals surface area (Å²) >= 11 is 0. The molecule has 0 saturated heterocycles. The number of hydrogen-bond donors (Lipinski definition) is 0. The Morgan fingerprint density at radius 2 is 0.608 bits per heavy atom. The Balaban J connectivity index is 0.000000378. The van der Waals surface area contributed by atoms with Crippen molar-refractivity contribution in [2.24, 2.45) is 0 Å². The number of ether oxygens (including phenoxy) is 1. The van der Waals surface area contributed by atoms with Gasteiger partial charge in [0, 0.05) is 23.1 Å². The van der Waals surface area contributed by atoms with E-state index in [1.807, 2.05) is 12.1 Å². The molecule has 0 spiro atoms. The normalized spacial score (nSPS) is 13.6. The third kappa shape index (κ3) is 14.4. The van der Waals surface area contributed by atoms with E-state index in [9.17, 15) is 105 Å². The van der Waals surface area contributed by atoms with Gasteiger partial charge in [-0.25, -0.2) is 0 Å². The zero-order chi connectivity index (χ0) is 59.5. The number of fused-ring (bicyclic) bond motifs is 1. The van der Waals surface area contributed by atoms with Crippen molar-refractivity contribution >= 4 is 38.9 Å². The van der Waals surface area contributed by atoms with Crippen LogP contribution in [0.3, 0.4) is 0 Å². The Kier molecular flexibility index (Phi) is 16.1. The van der Waals surface area contributed by atoms with Gasteiger partial charge in [-0.3, -0.25) is 0 Å². The van der Waals surface area contributed by atoms with E-state index in [1.54, 1.807) is 0 Å². The monoisotopic (exact) mass is 1160 g/mol. The number of para-hydroxylation sites is 1. The lowest BCUT2D eigenvalue weighted by Gasteiger charge is -2.46. The maximum Gasteiger partial charge on any atom is 0.416 e. The highest BCUT2D eigenvalue weighted by molar-refractivity contribution is 7.20. The number of pyridine rings is 1. The highest BCUT2D eigenvalue weighted by atomic mass is 19.4. The van der Waals surface area contributed by atoms with E-state index in [0.29, 0.717) is 0 Å². The molecule has 27 heteroatoms. The van der Waals surface area contributed by atoms with Crippen molar-refractivity contribution in [1.82, 2.24) is 0 Å². The van der Waals surface area contributed by atoms with Gasteiger partial charge in [-0.1, -0.05) is 60.7 Å². The van der Waals surface area contributed by atoms with Crippen molar-refractivity contribution in [3.05, 3.63) is 190 Å². The van der Waals surface area contributed by atoms with E-state index in [1.165, 1.54) is 16.5 Å². The second kappa shape index (κ2) is 20.9. The molecular formula is C52H34BF24NO. The number of rotatable bonds is 7. The summed E-state index contributed by atoms with van der Waals surface area (Å²) in [5.74, 6) is 0.916. The van der Waals surface area contributed by atoms with Gasteiger partial charge >= 0.3 is 49.4 Å². The Morgan fingerprint density at radius 3 is 0.873 bits per heavy atom. The van der Waals surface area contributed by atoms with Crippen molar-refractivity contribution in [3.63, 3.8) is 0 Å². The van der Waals surface area contributed by atoms with Crippen LogP contribution in [0.5, 0.6) is 5.75 Å². The largest absolute Gasteiger partial charge is 0.488 e. The van der Waals surface area contributed by atoms with Crippen LogP contribution in [-0.2, 0) is 56.0 Å². The van der Waals surface area contributed by atoms with E-state index in [-0.39, 0.29) is 5.60 Å². The summed E-state index contributed by atoms with van der Waals surface area (Å²) in [6.07, 6.45) is -52.7. The Morgan fingerprint density at radius 1 is 0.342 bits per heavy atom. The molecule has 0 fully saturated rings. The molecule has 0 saturated carbocycles. The fourth-order valence-corrected chi connectivity index (χ4v) is 8.64.